The third-order valence-corrected chi connectivity index (χ3v) is 5.32. The van der Waals surface area contributed by atoms with Crippen molar-refractivity contribution in [1.29, 1.82) is 5.26 Å². The minimum atomic E-state index is -0.377. The molecule has 0 fully saturated rings. The van der Waals surface area contributed by atoms with Crippen molar-refractivity contribution in [3.05, 3.63) is 89.6 Å². The van der Waals surface area contributed by atoms with Gasteiger partial charge in [-0.1, -0.05) is 6.07 Å². The topological polar surface area (TPSA) is 113 Å². The third-order valence-electron chi connectivity index (χ3n) is 5.32. The van der Waals surface area contributed by atoms with Gasteiger partial charge < -0.3 is 20.1 Å². The van der Waals surface area contributed by atoms with Crippen LogP contribution in [-0.2, 0) is 0 Å². The van der Waals surface area contributed by atoms with E-state index in [-0.39, 0.29) is 17.4 Å². The van der Waals surface area contributed by atoms with Crippen LogP contribution >= 0.6 is 0 Å². The number of benzene rings is 3. The van der Waals surface area contributed by atoms with Gasteiger partial charge in [0.05, 0.1) is 16.8 Å². The standard InChI is InChI=1S/C26H18N4O4/c27-15-19-3-6-20(29-25(31)18-5-8-23-24(13-18)34-11-10-33-23)14-22(19)30-26(32)17-4-7-21-16(12-17)2-1-9-28-21/h1-9,12-14H,10-11H2,(H,29,31)(H,30,32). The zero-order valence-electron chi connectivity index (χ0n) is 17.9. The van der Waals surface area contributed by atoms with E-state index >= 15 is 0 Å². The molecule has 0 unspecified atom stereocenters. The second kappa shape index (κ2) is 8.92. The molecule has 5 rings (SSSR count). The Kier molecular flexibility index (Phi) is 5.50. The zero-order valence-corrected chi connectivity index (χ0v) is 17.9. The van der Waals surface area contributed by atoms with Gasteiger partial charge in [0, 0.05) is 28.4 Å². The fourth-order valence-electron chi connectivity index (χ4n) is 3.62. The van der Waals surface area contributed by atoms with Crippen LogP contribution in [0.25, 0.3) is 10.9 Å². The number of nitriles is 1. The molecule has 0 bridgehead atoms. The lowest BCUT2D eigenvalue weighted by molar-refractivity contribution is 0.101. The number of hydrogen-bond acceptors (Lipinski definition) is 6. The Hall–Kier alpha value is -4.90. The van der Waals surface area contributed by atoms with Gasteiger partial charge in [0.2, 0.25) is 0 Å². The molecule has 1 aliphatic heterocycles. The number of pyridine rings is 1. The van der Waals surface area contributed by atoms with Crippen molar-refractivity contribution < 1.29 is 19.1 Å². The molecule has 2 heterocycles. The summed E-state index contributed by atoms with van der Waals surface area (Å²) in [5.41, 5.74) is 2.59. The van der Waals surface area contributed by atoms with Crippen molar-refractivity contribution in [3.8, 4) is 17.6 Å². The molecule has 3 aromatic carbocycles. The summed E-state index contributed by atoms with van der Waals surface area (Å²) < 4.78 is 11.0. The average Bonchev–Trinajstić information content (AvgIpc) is 2.88. The van der Waals surface area contributed by atoms with Crippen LogP contribution in [0.15, 0.2) is 72.9 Å². The molecule has 8 heteroatoms. The number of nitrogens with zero attached hydrogens (tertiary/aromatic N) is 2. The van der Waals surface area contributed by atoms with E-state index in [1.165, 1.54) is 0 Å². The van der Waals surface area contributed by atoms with Crippen LogP contribution in [0.3, 0.4) is 0 Å². The number of hydrogen-bond donors (Lipinski definition) is 2. The summed E-state index contributed by atoms with van der Waals surface area (Å²) in [6.07, 6.45) is 1.69. The molecule has 0 spiro atoms. The summed E-state index contributed by atoms with van der Waals surface area (Å²) in [6, 6.07) is 20.5. The Morgan fingerprint density at radius 3 is 2.47 bits per heavy atom. The molecule has 8 nitrogen and oxygen atoms in total. The van der Waals surface area contributed by atoms with Crippen LogP contribution in [-0.4, -0.2) is 30.0 Å². The first-order valence-corrected chi connectivity index (χ1v) is 10.5. The van der Waals surface area contributed by atoms with E-state index in [2.05, 4.69) is 21.7 Å². The minimum Gasteiger partial charge on any atom is -0.486 e. The molecule has 1 aliphatic rings. The number of aromatic nitrogens is 1. The molecular weight excluding hydrogens is 432 g/mol. The normalized spacial score (nSPS) is 12.0. The number of carbonyl (C=O) groups is 2. The Morgan fingerprint density at radius 1 is 0.853 bits per heavy atom. The van der Waals surface area contributed by atoms with Gasteiger partial charge in [0.1, 0.15) is 19.3 Å². The second-order valence-corrected chi connectivity index (χ2v) is 7.55. The summed E-state index contributed by atoms with van der Waals surface area (Å²) in [5.74, 6) is 0.367. The van der Waals surface area contributed by atoms with E-state index in [0.717, 1.165) is 10.9 Å². The molecule has 2 amide bonds. The van der Waals surface area contributed by atoms with Crippen LogP contribution in [0.4, 0.5) is 11.4 Å². The van der Waals surface area contributed by atoms with Crippen LogP contribution in [0.5, 0.6) is 11.5 Å². The van der Waals surface area contributed by atoms with E-state index in [4.69, 9.17) is 9.47 Å². The number of fused-ring (bicyclic) bond motifs is 2. The van der Waals surface area contributed by atoms with Crippen molar-refractivity contribution in [2.45, 2.75) is 0 Å². The molecule has 2 N–H and O–H groups in total. The monoisotopic (exact) mass is 450 g/mol. The van der Waals surface area contributed by atoms with E-state index < -0.39 is 0 Å². The first kappa shape index (κ1) is 21.0. The summed E-state index contributed by atoms with van der Waals surface area (Å²) >= 11 is 0. The summed E-state index contributed by atoms with van der Waals surface area (Å²) in [7, 11) is 0. The lowest BCUT2D eigenvalue weighted by Gasteiger charge is -2.18. The molecule has 0 atom stereocenters. The van der Waals surface area contributed by atoms with Gasteiger partial charge in [-0.3, -0.25) is 14.6 Å². The van der Waals surface area contributed by atoms with Crippen LogP contribution in [0.2, 0.25) is 0 Å². The lowest BCUT2D eigenvalue weighted by atomic mass is 10.1. The Morgan fingerprint density at radius 2 is 1.62 bits per heavy atom. The Bertz CT molecular complexity index is 1480. The van der Waals surface area contributed by atoms with Gasteiger partial charge in [0.15, 0.2) is 11.5 Å². The van der Waals surface area contributed by atoms with Crippen LogP contribution in [0.1, 0.15) is 26.3 Å². The highest BCUT2D eigenvalue weighted by atomic mass is 16.6. The molecule has 34 heavy (non-hydrogen) atoms. The number of ether oxygens (including phenoxy) is 2. The number of anilines is 2. The van der Waals surface area contributed by atoms with Crippen molar-refractivity contribution in [1.82, 2.24) is 4.98 Å². The SMILES string of the molecule is N#Cc1ccc(NC(=O)c2ccc3c(c2)OCCO3)cc1NC(=O)c1ccc2ncccc2c1. The van der Waals surface area contributed by atoms with Crippen LogP contribution < -0.4 is 20.1 Å². The number of rotatable bonds is 4. The van der Waals surface area contributed by atoms with E-state index in [0.29, 0.717) is 47.2 Å². The Balaban J connectivity index is 1.36. The third kappa shape index (κ3) is 4.23. The average molecular weight is 450 g/mol. The van der Waals surface area contributed by atoms with Crippen molar-refractivity contribution >= 4 is 34.1 Å². The molecule has 0 aliphatic carbocycles. The van der Waals surface area contributed by atoms with Gasteiger partial charge in [-0.25, -0.2) is 0 Å². The first-order valence-electron chi connectivity index (χ1n) is 10.5. The van der Waals surface area contributed by atoms with E-state index in [9.17, 15) is 14.9 Å². The summed E-state index contributed by atoms with van der Waals surface area (Å²) in [4.78, 5) is 29.9. The maximum Gasteiger partial charge on any atom is 0.255 e. The van der Waals surface area contributed by atoms with Crippen LogP contribution in [0, 0.1) is 11.3 Å². The molecule has 1 aromatic heterocycles. The molecule has 166 valence electrons. The number of amides is 2. The highest BCUT2D eigenvalue weighted by molar-refractivity contribution is 6.08. The number of nitrogens with one attached hydrogen (secondary N) is 2. The van der Waals surface area contributed by atoms with Gasteiger partial charge in [-0.05, 0) is 60.7 Å². The summed E-state index contributed by atoms with van der Waals surface area (Å²) in [6.45, 7) is 0.888. The predicted octanol–water partition coefficient (Wildman–Crippen LogP) is 4.38. The predicted molar refractivity (Wildman–Crippen MR) is 126 cm³/mol. The lowest BCUT2D eigenvalue weighted by Crippen LogP contribution is -2.17. The smallest absolute Gasteiger partial charge is 0.255 e. The molecule has 0 radical (unpaired) electrons. The quantitative estimate of drug-likeness (QED) is 0.477. The highest BCUT2D eigenvalue weighted by Gasteiger charge is 2.16. The van der Waals surface area contributed by atoms with Gasteiger partial charge >= 0.3 is 0 Å². The zero-order chi connectivity index (χ0) is 23.5. The van der Waals surface area contributed by atoms with Gasteiger partial charge in [0.25, 0.3) is 11.8 Å². The fourth-order valence-corrected chi connectivity index (χ4v) is 3.62. The first-order chi connectivity index (χ1) is 16.6. The van der Waals surface area contributed by atoms with E-state index in [1.54, 1.807) is 66.9 Å². The maximum atomic E-state index is 12.9. The maximum absolute atomic E-state index is 12.9. The van der Waals surface area contributed by atoms with Gasteiger partial charge in [-0.15, -0.1) is 0 Å². The Labute approximate surface area is 194 Å². The van der Waals surface area contributed by atoms with Crippen molar-refractivity contribution in [2.24, 2.45) is 0 Å². The molecular formula is C26H18N4O4. The van der Waals surface area contributed by atoms with Gasteiger partial charge in [-0.2, -0.15) is 5.26 Å². The van der Waals surface area contributed by atoms with Crippen molar-refractivity contribution in [2.75, 3.05) is 23.8 Å². The fraction of sp³-hybridized carbons (Fsp3) is 0.0769. The second-order valence-electron chi connectivity index (χ2n) is 7.55. The van der Waals surface area contributed by atoms with E-state index in [1.807, 2.05) is 6.07 Å². The summed E-state index contributed by atoms with van der Waals surface area (Å²) in [5, 5.41) is 15.9. The minimum absolute atomic E-state index is 0.271. The molecule has 0 saturated heterocycles. The van der Waals surface area contributed by atoms with Crippen molar-refractivity contribution in [3.63, 3.8) is 0 Å². The molecule has 0 saturated carbocycles. The number of carbonyl (C=O) groups excluding carboxylic acids is 2. The highest BCUT2D eigenvalue weighted by Crippen LogP contribution is 2.31. The molecule has 4 aromatic rings. The largest absolute Gasteiger partial charge is 0.486 e.